The van der Waals surface area contributed by atoms with E-state index in [1.165, 1.54) is 0 Å². The smallest absolute Gasteiger partial charge is 0.293 e. The van der Waals surface area contributed by atoms with Gasteiger partial charge in [-0.05, 0) is 42.5 Å². The third kappa shape index (κ3) is 5.52. The number of rotatable bonds is 8. The van der Waals surface area contributed by atoms with Crippen molar-refractivity contribution >= 4 is 47.1 Å². The number of amides is 3. The van der Waals surface area contributed by atoms with Crippen LogP contribution < -0.4 is 5.32 Å². The zero-order chi connectivity index (χ0) is 24.1. The Morgan fingerprint density at radius 2 is 1.85 bits per heavy atom. The van der Waals surface area contributed by atoms with Gasteiger partial charge in [-0.25, -0.2) is 0 Å². The first-order valence-corrected chi connectivity index (χ1v) is 11.9. The van der Waals surface area contributed by atoms with Crippen LogP contribution in [0.25, 0.3) is 17.5 Å². The summed E-state index contributed by atoms with van der Waals surface area (Å²) >= 11 is 6.22. The van der Waals surface area contributed by atoms with E-state index < -0.39 is 0 Å². The minimum atomic E-state index is -0.347. The normalized spacial score (nSPS) is 14.7. The van der Waals surface area contributed by atoms with Crippen LogP contribution in [0.15, 0.2) is 59.5 Å². The van der Waals surface area contributed by atoms with Crippen molar-refractivity contribution in [2.75, 3.05) is 13.1 Å². The highest BCUT2D eigenvalue weighted by molar-refractivity contribution is 8.18. The third-order valence-electron chi connectivity index (χ3n) is 5.26. The van der Waals surface area contributed by atoms with Crippen molar-refractivity contribution in [2.24, 2.45) is 0 Å². The fourth-order valence-corrected chi connectivity index (χ4v) is 4.54. The first-order valence-electron chi connectivity index (χ1n) is 10.7. The summed E-state index contributed by atoms with van der Waals surface area (Å²) in [6, 6.07) is 17.2. The van der Waals surface area contributed by atoms with Gasteiger partial charge in [-0.2, -0.15) is 5.10 Å². The van der Waals surface area contributed by atoms with Gasteiger partial charge in [0.05, 0.1) is 4.91 Å². The summed E-state index contributed by atoms with van der Waals surface area (Å²) in [5.74, 6) is 0.117. The highest BCUT2D eigenvalue weighted by atomic mass is 32.2. The Morgan fingerprint density at radius 1 is 1.12 bits per heavy atom. The zero-order valence-corrected chi connectivity index (χ0v) is 20.1. The fourth-order valence-electron chi connectivity index (χ4n) is 3.45. The third-order valence-corrected chi connectivity index (χ3v) is 6.48. The molecule has 3 amide bonds. The SMILES string of the molecule is Cc1ccc(-c2n[nH]c(=S)n2CCC(=O)NCCN2C(=O)S/C(=C\c3ccccc3)C2=O)cc1. The largest absolute Gasteiger partial charge is 0.354 e. The molecule has 0 bridgehead atoms. The first kappa shape index (κ1) is 23.7. The molecule has 1 aliphatic rings. The highest BCUT2D eigenvalue weighted by Gasteiger charge is 2.34. The van der Waals surface area contributed by atoms with Crippen LogP contribution in [-0.4, -0.2) is 49.8 Å². The second kappa shape index (κ2) is 10.6. The van der Waals surface area contributed by atoms with E-state index in [1.807, 2.05) is 61.5 Å². The number of hydrogen-bond acceptors (Lipinski definition) is 6. The molecule has 2 heterocycles. The molecule has 10 heteroatoms. The molecule has 0 spiro atoms. The number of aromatic nitrogens is 3. The Hall–Kier alpha value is -3.50. The van der Waals surface area contributed by atoms with E-state index in [1.54, 1.807) is 10.6 Å². The number of carbonyl (C=O) groups excluding carboxylic acids is 3. The zero-order valence-electron chi connectivity index (χ0n) is 18.5. The molecule has 0 atom stereocenters. The maximum atomic E-state index is 12.6. The van der Waals surface area contributed by atoms with Gasteiger partial charge in [0.1, 0.15) is 0 Å². The first-order chi connectivity index (χ1) is 16.4. The maximum absolute atomic E-state index is 12.6. The van der Waals surface area contributed by atoms with Crippen molar-refractivity contribution in [3.63, 3.8) is 0 Å². The molecule has 1 aromatic heterocycles. The van der Waals surface area contributed by atoms with E-state index >= 15 is 0 Å². The van der Waals surface area contributed by atoms with E-state index in [4.69, 9.17) is 12.2 Å². The molecule has 1 fully saturated rings. The Kier molecular flexibility index (Phi) is 7.39. The molecule has 8 nitrogen and oxygen atoms in total. The van der Waals surface area contributed by atoms with Crippen LogP contribution in [0.1, 0.15) is 17.5 Å². The van der Waals surface area contributed by atoms with Crippen molar-refractivity contribution in [3.05, 3.63) is 75.4 Å². The average Bonchev–Trinajstić information content (AvgIpc) is 3.32. The summed E-state index contributed by atoms with van der Waals surface area (Å²) in [5, 5.41) is 9.50. The van der Waals surface area contributed by atoms with Crippen LogP contribution in [0.4, 0.5) is 4.79 Å². The van der Waals surface area contributed by atoms with Gasteiger partial charge in [0.15, 0.2) is 10.6 Å². The Morgan fingerprint density at radius 3 is 2.59 bits per heavy atom. The minimum absolute atomic E-state index is 0.113. The highest BCUT2D eigenvalue weighted by Crippen LogP contribution is 2.31. The average molecular weight is 494 g/mol. The summed E-state index contributed by atoms with van der Waals surface area (Å²) in [6.45, 7) is 2.65. The lowest BCUT2D eigenvalue weighted by Crippen LogP contribution is -2.37. The number of H-pyrrole nitrogens is 1. The van der Waals surface area contributed by atoms with Gasteiger partial charge in [0.25, 0.3) is 11.1 Å². The van der Waals surface area contributed by atoms with Crippen LogP contribution in [-0.2, 0) is 16.1 Å². The Labute approximate surface area is 206 Å². The summed E-state index contributed by atoms with van der Waals surface area (Å²) < 4.78 is 2.22. The molecule has 1 aliphatic heterocycles. The number of nitrogens with zero attached hydrogens (tertiary/aromatic N) is 3. The second-order valence-corrected chi connectivity index (χ2v) is 9.09. The van der Waals surface area contributed by atoms with Crippen molar-refractivity contribution in [3.8, 4) is 11.4 Å². The number of benzene rings is 2. The van der Waals surface area contributed by atoms with Gasteiger partial charge in [0, 0.05) is 31.6 Å². The monoisotopic (exact) mass is 493 g/mol. The Bertz CT molecular complexity index is 1300. The van der Waals surface area contributed by atoms with E-state index in [-0.39, 0.29) is 36.6 Å². The van der Waals surface area contributed by atoms with Crippen LogP contribution >= 0.6 is 24.0 Å². The number of carbonyl (C=O) groups is 3. The van der Waals surface area contributed by atoms with Gasteiger partial charge in [-0.3, -0.25) is 28.9 Å². The summed E-state index contributed by atoms with van der Waals surface area (Å²) in [7, 11) is 0. The predicted octanol–water partition coefficient (Wildman–Crippen LogP) is 4.16. The molecule has 0 unspecified atom stereocenters. The van der Waals surface area contributed by atoms with Gasteiger partial charge in [0.2, 0.25) is 5.91 Å². The summed E-state index contributed by atoms with van der Waals surface area (Å²) in [4.78, 5) is 38.8. The molecule has 3 aromatic rings. The maximum Gasteiger partial charge on any atom is 0.293 e. The molecule has 174 valence electrons. The van der Waals surface area contributed by atoms with E-state index in [2.05, 4.69) is 15.5 Å². The van der Waals surface area contributed by atoms with Gasteiger partial charge in [-0.15, -0.1) is 0 Å². The molecular weight excluding hydrogens is 470 g/mol. The fraction of sp³-hybridized carbons (Fsp3) is 0.208. The van der Waals surface area contributed by atoms with Gasteiger partial charge < -0.3 is 5.32 Å². The lowest BCUT2D eigenvalue weighted by Gasteiger charge is -2.13. The molecule has 4 rings (SSSR count). The molecule has 0 radical (unpaired) electrons. The molecule has 2 N–H and O–H groups in total. The standard InChI is InChI=1S/C24H23N5O3S2/c1-16-7-9-18(10-8-16)21-26-27-23(33)28(21)13-11-20(30)25-12-14-29-22(31)19(34-24(29)32)15-17-5-3-2-4-6-17/h2-10,15H,11-14H2,1H3,(H,25,30)(H,27,33)/b19-15-. The number of imide groups is 1. The van der Waals surface area contributed by atoms with Crippen molar-refractivity contribution in [1.82, 2.24) is 25.0 Å². The summed E-state index contributed by atoms with van der Waals surface area (Å²) in [6.07, 6.45) is 1.88. The van der Waals surface area contributed by atoms with Crippen molar-refractivity contribution < 1.29 is 14.4 Å². The number of aromatic amines is 1. The van der Waals surface area contributed by atoms with Crippen LogP contribution in [0.3, 0.4) is 0 Å². The molecule has 0 saturated carbocycles. The van der Waals surface area contributed by atoms with Crippen LogP contribution in [0.5, 0.6) is 0 Å². The van der Waals surface area contributed by atoms with E-state index in [0.29, 0.717) is 22.0 Å². The van der Waals surface area contributed by atoms with Gasteiger partial charge in [-0.1, -0.05) is 60.2 Å². The lowest BCUT2D eigenvalue weighted by molar-refractivity contribution is -0.124. The number of aryl methyl sites for hydroxylation is 1. The molecule has 1 saturated heterocycles. The van der Waals surface area contributed by atoms with Gasteiger partial charge >= 0.3 is 0 Å². The Balaban J connectivity index is 1.29. The van der Waals surface area contributed by atoms with Crippen molar-refractivity contribution in [1.29, 1.82) is 0 Å². The van der Waals surface area contributed by atoms with E-state index in [9.17, 15) is 14.4 Å². The van der Waals surface area contributed by atoms with Crippen LogP contribution in [0.2, 0.25) is 0 Å². The number of thioether (sulfide) groups is 1. The quantitative estimate of drug-likeness (QED) is 0.361. The summed E-state index contributed by atoms with van der Waals surface area (Å²) in [5.41, 5.74) is 2.89. The molecular formula is C24H23N5O3S2. The topological polar surface area (TPSA) is 100 Å². The molecule has 2 aromatic carbocycles. The second-order valence-electron chi connectivity index (χ2n) is 7.71. The molecule has 0 aliphatic carbocycles. The number of hydrogen-bond donors (Lipinski definition) is 2. The minimum Gasteiger partial charge on any atom is -0.354 e. The molecule has 34 heavy (non-hydrogen) atoms. The lowest BCUT2D eigenvalue weighted by atomic mass is 10.1. The predicted molar refractivity (Wildman–Crippen MR) is 134 cm³/mol. The van der Waals surface area contributed by atoms with Crippen molar-refractivity contribution in [2.45, 2.75) is 19.9 Å². The van der Waals surface area contributed by atoms with Crippen LogP contribution in [0, 0.1) is 11.7 Å². The van der Waals surface area contributed by atoms with E-state index in [0.717, 1.165) is 33.4 Å². The number of nitrogens with one attached hydrogen (secondary N) is 2.